The summed E-state index contributed by atoms with van der Waals surface area (Å²) < 4.78 is 14.7. The molecule has 1 aliphatic heterocycles. The lowest BCUT2D eigenvalue weighted by Gasteiger charge is -2.28. The molecule has 24 heavy (non-hydrogen) atoms. The van der Waals surface area contributed by atoms with Crippen molar-refractivity contribution in [2.45, 2.75) is 0 Å². The van der Waals surface area contributed by atoms with Gasteiger partial charge in [0.2, 0.25) is 7.29 Å². The predicted octanol–water partition coefficient (Wildman–Crippen LogP) is 5.15. The van der Waals surface area contributed by atoms with Gasteiger partial charge in [-0.05, 0) is 46.8 Å². The maximum absolute atomic E-state index is 13.9. The number of nitrogens with one attached hydrogen (secondary N) is 1. The molecule has 1 aliphatic rings. The van der Waals surface area contributed by atoms with E-state index < -0.39 is 7.29 Å². The molecule has 1 aromatic heterocycles. The van der Waals surface area contributed by atoms with Crippen molar-refractivity contribution in [2.75, 3.05) is 5.09 Å². The number of hydrogen-bond acceptors (Lipinski definition) is 3. The van der Waals surface area contributed by atoms with Crippen LogP contribution in [0.4, 0.5) is 5.69 Å². The van der Waals surface area contributed by atoms with Crippen LogP contribution in [0.25, 0.3) is 11.4 Å². The molecule has 2 heterocycles. The summed E-state index contributed by atoms with van der Waals surface area (Å²) in [6.45, 7) is 0. The van der Waals surface area contributed by atoms with Gasteiger partial charge in [-0.2, -0.15) is 5.26 Å². The average Bonchev–Trinajstić information content (AvgIpc) is 3.17. The second kappa shape index (κ2) is 5.79. The van der Waals surface area contributed by atoms with E-state index in [0.29, 0.717) is 5.56 Å². The van der Waals surface area contributed by atoms with E-state index in [-0.39, 0.29) is 0 Å². The van der Waals surface area contributed by atoms with Crippen LogP contribution in [0.5, 0.6) is 0 Å². The Hall–Kier alpha value is -2.60. The zero-order chi connectivity index (χ0) is 16.6. The first-order valence-corrected chi connectivity index (χ1v) is 10.0. The quantitative estimate of drug-likeness (QED) is 0.652. The number of rotatable bonds is 2. The summed E-state index contributed by atoms with van der Waals surface area (Å²) in [6, 6.07) is 21.0. The van der Waals surface area contributed by atoms with E-state index in [4.69, 9.17) is 5.26 Å². The molecular weight excluding hydrogens is 335 g/mol. The Bertz CT molecular complexity index is 1010. The standard InChI is InChI=1S/C19H13N2OPS/c20-13-14-7-9-15(10-8-14)18-12-16-4-1-2-5-17(16)21-23(18,22)19-6-3-11-24-19/h1-12H,(H,21,22). The average molecular weight is 348 g/mol. The van der Waals surface area contributed by atoms with Crippen molar-refractivity contribution in [3.8, 4) is 6.07 Å². The van der Waals surface area contributed by atoms with Crippen LogP contribution in [0.2, 0.25) is 0 Å². The van der Waals surface area contributed by atoms with Gasteiger partial charge in [-0.1, -0.05) is 36.4 Å². The number of fused-ring (bicyclic) bond motifs is 1. The first kappa shape index (κ1) is 15.0. The second-order valence-corrected chi connectivity index (χ2v) is 9.13. The topological polar surface area (TPSA) is 52.9 Å². The third-order valence-corrected chi connectivity index (χ3v) is 8.15. The molecule has 1 N–H and O–H groups in total. The van der Waals surface area contributed by atoms with Gasteiger partial charge in [0, 0.05) is 11.0 Å². The van der Waals surface area contributed by atoms with Gasteiger partial charge >= 0.3 is 0 Å². The molecule has 0 aliphatic carbocycles. The summed E-state index contributed by atoms with van der Waals surface area (Å²) in [5, 5.41) is 15.0. The van der Waals surface area contributed by atoms with E-state index in [0.717, 1.165) is 26.7 Å². The van der Waals surface area contributed by atoms with Gasteiger partial charge in [0.25, 0.3) is 0 Å². The largest absolute Gasteiger partial charge is 0.328 e. The minimum absolute atomic E-state index is 0.592. The number of thiophene rings is 1. The van der Waals surface area contributed by atoms with Gasteiger partial charge in [0.15, 0.2) is 0 Å². The van der Waals surface area contributed by atoms with Crippen molar-refractivity contribution in [1.82, 2.24) is 0 Å². The summed E-state index contributed by atoms with van der Waals surface area (Å²) >= 11 is 1.49. The SMILES string of the molecule is N#Cc1ccc(C2=Cc3ccccc3NP2(=O)c2cccs2)cc1. The van der Waals surface area contributed by atoms with Crippen LogP contribution < -0.4 is 9.71 Å². The predicted molar refractivity (Wildman–Crippen MR) is 101 cm³/mol. The highest BCUT2D eigenvalue weighted by Crippen LogP contribution is 2.61. The highest BCUT2D eigenvalue weighted by atomic mass is 32.1. The smallest absolute Gasteiger partial charge is 0.237 e. The van der Waals surface area contributed by atoms with Crippen LogP contribution in [0, 0.1) is 11.3 Å². The summed E-state index contributed by atoms with van der Waals surface area (Å²) in [7, 11) is -2.96. The summed E-state index contributed by atoms with van der Waals surface area (Å²) in [6.07, 6.45) is 1.99. The second-order valence-electron chi connectivity index (χ2n) is 5.48. The molecule has 0 saturated carbocycles. The molecule has 1 unspecified atom stereocenters. The maximum Gasteiger partial charge on any atom is 0.237 e. The number of para-hydroxylation sites is 1. The Balaban J connectivity index is 1.93. The lowest BCUT2D eigenvalue weighted by molar-refractivity contribution is 0.590. The third-order valence-electron chi connectivity index (χ3n) is 4.00. The van der Waals surface area contributed by atoms with E-state index in [1.165, 1.54) is 11.3 Å². The first-order chi connectivity index (χ1) is 11.7. The lowest BCUT2D eigenvalue weighted by atomic mass is 10.1. The van der Waals surface area contributed by atoms with E-state index in [9.17, 15) is 4.57 Å². The lowest BCUT2D eigenvalue weighted by Crippen LogP contribution is -2.13. The van der Waals surface area contributed by atoms with E-state index in [2.05, 4.69) is 11.2 Å². The zero-order valence-corrected chi connectivity index (χ0v) is 14.4. The fourth-order valence-electron chi connectivity index (χ4n) is 2.80. The summed E-state index contributed by atoms with van der Waals surface area (Å²) in [5.74, 6) is 0. The van der Waals surface area contributed by atoms with Crippen LogP contribution in [-0.4, -0.2) is 0 Å². The Kier molecular flexibility index (Phi) is 3.61. The molecule has 3 aromatic rings. The van der Waals surface area contributed by atoms with Crippen LogP contribution in [0.3, 0.4) is 0 Å². The summed E-state index contributed by atoms with van der Waals surface area (Å²) in [4.78, 5) is 0. The van der Waals surface area contributed by atoms with E-state index in [1.807, 2.05) is 60.0 Å². The van der Waals surface area contributed by atoms with Gasteiger partial charge in [0.1, 0.15) is 0 Å². The van der Waals surface area contributed by atoms with Crippen LogP contribution in [-0.2, 0) is 4.57 Å². The van der Waals surface area contributed by atoms with Gasteiger partial charge in [-0.3, -0.25) is 4.57 Å². The highest BCUT2D eigenvalue weighted by molar-refractivity contribution is 7.86. The molecule has 0 saturated heterocycles. The monoisotopic (exact) mass is 348 g/mol. The number of nitrogens with zero attached hydrogens (tertiary/aromatic N) is 1. The highest BCUT2D eigenvalue weighted by Gasteiger charge is 2.35. The van der Waals surface area contributed by atoms with Crippen molar-refractivity contribution < 1.29 is 4.57 Å². The van der Waals surface area contributed by atoms with Crippen LogP contribution in [0.1, 0.15) is 16.7 Å². The van der Waals surface area contributed by atoms with Crippen LogP contribution >= 0.6 is 18.6 Å². The van der Waals surface area contributed by atoms with Crippen molar-refractivity contribution in [2.24, 2.45) is 0 Å². The molecule has 0 spiro atoms. The molecule has 0 radical (unpaired) electrons. The molecule has 1 atom stereocenters. The Labute approximate surface area is 144 Å². The molecule has 2 aromatic carbocycles. The minimum atomic E-state index is -2.96. The van der Waals surface area contributed by atoms with Gasteiger partial charge < -0.3 is 5.09 Å². The van der Waals surface area contributed by atoms with E-state index >= 15 is 0 Å². The zero-order valence-electron chi connectivity index (χ0n) is 12.6. The van der Waals surface area contributed by atoms with E-state index in [1.54, 1.807) is 12.1 Å². The Morgan fingerprint density at radius 1 is 1.00 bits per heavy atom. The van der Waals surface area contributed by atoms with Gasteiger partial charge in [0.05, 0.1) is 16.3 Å². The van der Waals surface area contributed by atoms with Crippen molar-refractivity contribution in [3.05, 3.63) is 82.7 Å². The molecule has 0 bridgehead atoms. The Morgan fingerprint density at radius 3 is 2.50 bits per heavy atom. The summed E-state index contributed by atoms with van der Waals surface area (Å²) in [5.41, 5.74) is 3.36. The normalized spacial score (nSPS) is 18.9. The van der Waals surface area contributed by atoms with Crippen molar-refractivity contribution >= 4 is 40.3 Å². The molecule has 0 fully saturated rings. The maximum atomic E-state index is 13.9. The number of hydrogen-bond donors (Lipinski definition) is 1. The van der Waals surface area contributed by atoms with Gasteiger partial charge in [-0.25, -0.2) is 0 Å². The number of anilines is 1. The van der Waals surface area contributed by atoms with Crippen molar-refractivity contribution in [1.29, 1.82) is 5.26 Å². The van der Waals surface area contributed by atoms with Crippen LogP contribution in [0.15, 0.2) is 66.0 Å². The molecule has 5 heteroatoms. The molecule has 4 rings (SSSR count). The molecule has 116 valence electrons. The number of nitriles is 1. The fraction of sp³-hybridized carbons (Fsp3) is 0. The fourth-order valence-corrected chi connectivity index (χ4v) is 6.60. The minimum Gasteiger partial charge on any atom is -0.328 e. The molecule has 3 nitrogen and oxygen atoms in total. The third kappa shape index (κ3) is 2.39. The molecular formula is C19H13N2OPS. The Morgan fingerprint density at radius 2 is 1.79 bits per heavy atom. The first-order valence-electron chi connectivity index (χ1n) is 7.45. The molecule has 0 amide bonds. The van der Waals surface area contributed by atoms with Crippen molar-refractivity contribution in [3.63, 3.8) is 0 Å². The van der Waals surface area contributed by atoms with Gasteiger partial charge in [-0.15, -0.1) is 11.3 Å². The number of benzene rings is 2.